The predicted octanol–water partition coefficient (Wildman–Crippen LogP) is 3.92. The summed E-state index contributed by atoms with van der Waals surface area (Å²) in [6.07, 6.45) is 0. The second-order valence-electron chi connectivity index (χ2n) is 6.94. The van der Waals surface area contributed by atoms with Crippen LogP contribution >= 0.6 is 11.8 Å². The summed E-state index contributed by atoms with van der Waals surface area (Å²) in [6.45, 7) is 0. The van der Waals surface area contributed by atoms with Gasteiger partial charge in [0.15, 0.2) is 5.16 Å². The number of nitrogens with zero attached hydrogens (tertiary/aromatic N) is 3. The summed E-state index contributed by atoms with van der Waals surface area (Å²) in [5.74, 6) is -0.457. The number of methoxy groups -OCH3 is 1. The molecule has 10 nitrogen and oxygen atoms in total. The van der Waals surface area contributed by atoms with Crippen LogP contribution in [0.4, 0.5) is 11.4 Å². The molecule has 1 heterocycles. The van der Waals surface area contributed by atoms with E-state index in [-0.39, 0.29) is 32.9 Å². The molecule has 0 fully saturated rings. The molecule has 0 radical (unpaired) electrons. The number of ether oxygens (including phenoxy) is 1. The van der Waals surface area contributed by atoms with E-state index in [1.54, 1.807) is 42.5 Å². The number of carbonyl (C=O) groups excluding carboxylic acids is 1. The number of imidazole rings is 1. The van der Waals surface area contributed by atoms with Crippen LogP contribution in [-0.2, 0) is 14.8 Å². The first kappa shape index (κ1) is 23.3. The second-order valence-corrected chi connectivity index (χ2v) is 9.67. The molecule has 1 amide bonds. The summed E-state index contributed by atoms with van der Waals surface area (Å²) in [4.78, 5) is 27.6. The zero-order chi connectivity index (χ0) is 24.3. The Balaban J connectivity index is 1.63. The summed E-state index contributed by atoms with van der Waals surface area (Å²) >= 11 is 0.932. The number of nitro groups is 1. The zero-order valence-electron chi connectivity index (χ0n) is 17.7. The number of hydrogen-bond acceptors (Lipinski definition) is 8. The summed E-state index contributed by atoms with van der Waals surface area (Å²) in [5, 5.41) is 13.8. The quantitative estimate of drug-likeness (QED) is 0.219. The highest BCUT2D eigenvalue weighted by atomic mass is 32.2. The minimum atomic E-state index is -3.98. The fraction of sp³-hybridized carbons (Fsp3) is 0.0909. The van der Waals surface area contributed by atoms with E-state index in [1.165, 1.54) is 37.4 Å². The van der Waals surface area contributed by atoms with Crippen molar-refractivity contribution in [2.24, 2.45) is 0 Å². The van der Waals surface area contributed by atoms with Crippen molar-refractivity contribution in [2.75, 3.05) is 18.2 Å². The highest BCUT2D eigenvalue weighted by Gasteiger charge is 2.25. The first-order valence-corrected chi connectivity index (χ1v) is 12.3. The molecule has 0 atom stereocenters. The van der Waals surface area contributed by atoms with Crippen LogP contribution in [0, 0.1) is 10.1 Å². The molecule has 4 rings (SSSR count). The molecule has 0 unspecified atom stereocenters. The van der Waals surface area contributed by atoms with E-state index in [0.717, 1.165) is 15.7 Å². The van der Waals surface area contributed by atoms with Crippen LogP contribution in [0.15, 0.2) is 82.8 Å². The average molecular weight is 499 g/mol. The van der Waals surface area contributed by atoms with E-state index in [0.29, 0.717) is 11.0 Å². The molecule has 0 aliphatic rings. The van der Waals surface area contributed by atoms with Gasteiger partial charge < -0.3 is 10.1 Å². The summed E-state index contributed by atoms with van der Waals surface area (Å²) < 4.78 is 33.0. The minimum Gasteiger partial charge on any atom is -0.495 e. The number of aromatic nitrogens is 2. The Bertz CT molecular complexity index is 1490. The van der Waals surface area contributed by atoms with Gasteiger partial charge in [-0.05, 0) is 30.3 Å². The number of non-ortho nitro benzene ring substituents is 1. The van der Waals surface area contributed by atoms with Crippen molar-refractivity contribution in [2.45, 2.75) is 10.1 Å². The monoisotopic (exact) mass is 498 g/mol. The van der Waals surface area contributed by atoms with Crippen LogP contribution in [0.25, 0.3) is 11.0 Å². The standard InChI is InChI=1S/C22H18N4O6S2/c1-32-20-12-11-15(26(28)29)13-18(20)23-21(27)14-33-22-24-17-9-5-6-10-19(17)25(22)34(30,31)16-7-3-2-4-8-16/h2-13H,14H2,1H3,(H,23,27). The fourth-order valence-electron chi connectivity index (χ4n) is 3.23. The maximum absolute atomic E-state index is 13.4. The smallest absolute Gasteiger partial charge is 0.271 e. The second kappa shape index (κ2) is 9.53. The van der Waals surface area contributed by atoms with Gasteiger partial charge in [0.25, 0.3) is 15.7 Å². The summed E-state index contributed by atoms with van der Waals surface area (Å²) in [5.41, 5.74) is 0.770. The van der Waals surface area contributed by atoms with Gasteiger partial charge in [0, 0.05) is 12.1 Å². The lowest BCUT2D eigenvalue weighted by molar-refractivity contribution is -0.384. The van der Waals surface area contributed by atoms with Gasteiger partial charge in [-0.1, -0.05) is 42.1 Å². The molecule has 3 aromatic carbocycles. The molecule has 1 aromatic heterocycles. The largest absolute Gasteiger partial charge is 0.495 e. The molecule has 0 saturated carbocycles. The number of hydrogen-bond donors (Lipinski definition) is 1. The number of amides is 1. The van der Waals surface area contributed by atoms with Crippen molar-refractivity contribution in [1.29, 1.82) is 0 Å². The molecule has 12 heteroatoms. The predicted molar refractivity (Wildman–Crippen MR) is 128 cm³/mol. The maximum Gasteiger partial charge on any atom is 0.271 e. The lowest BCUT2D eigenvalue weighted by atomic mass is 10.2. The third-order valence-corrected chi connectivity index (χ3v) is 7.54. The van der Waals surface area contributed by atoms with Gasteiger partial charge in [-0.2, -0.15) is 0 Å². The van der Waals surface area contributed by atoms with Gasteiger partial charge in [-0.3, -0.25) is 14.9 Å². The summed E-state index contributed by atoms with van der Waals surface area (Å²) in [6, 6.07) is 18.5. The van der Waals surface area contributed by atoms with Gasteiger partial charge in [0.05, 0.1) is 39.4 Å². The number of rotatable bonds is 8. The van der Waals surface area contributed by atoms with Gasteiger partial charge in [-0.25, -0.2) is 17.4 Å². The Kier molecular flexibility index (Phi) is 6.52. The molecule has 1 N–H and O–H groups in total. The topological polar surface area (TPSA) is 133 Å². The molecule has 0 bridgehead atoms. The van der Waals surface area contributed by atoms with Crippen molar-refractivity contribution in [3.63, 3.8) is 0 Å². The Morgan fingerprint density at radius 3 is 2.53 bits per heavy atom. The van der Waals surface area contributed by atoms with Crippen LogP contribution in [-0.4, -0.2) is 41.1 Å². The molecule has 0 spiro atoms. The van der Waals surface area contributed by atoms with Crippen molar-refractivity contribution in [3.05, 3.63) is 82.9 Å². The van der Waals surface area contributed by atoms with Gasteiger partial charge in [0.1, 0.15) is 5.75 Å². The Morgan fingerprint density at radius 2 is 1.82 bits per heavy atom. The van der Waals surface area contributed by atoms with E-state index in [4.69, 9.17) is 4.74 Å². The molecule has 0 aliphatic carbocycles. The highest BCUT2D eigenvalue weighted by molar-refractivity contribution is 8.00. The van der Waals surface area contributed by atoms with Gasteiger partial charge in [-0.15, -0.1) is 0 Å². The number of thioether (sulfide) groups is 1. The van der Waals surface area contributed by atoms with E-state index in [9.17, 15) is 23.3 Å². The van der Waals surface area contributed by atoms with Crippen LogP contribution < -0.4 is 10.1 Å². The summed E-state index contributed by atoms with van der Waals surface area (Å²) in [7, 11) is -2.60. The number of nitrogens with one attached hydrogen (secondary N) is 1. The lowest BCUT2D eigenvalue weighted by Gasteiger charge is -2.11. The molecular formula is C22H18N4O6S2. The highest BCUT2D eigenvalue weighted by Crippen LogP contribution is 2.31. The zero-order valence-corrected chi connectivity index (χ0v) is 19.4. The Hall–Kier alpha value is -3.90. The van der Waals surface area contributed by atoms with Crippen LogP contribution in [0.2, 0.25) is 0 Å². The van der Waals surface area contributed by atoms with Crippen LogP contribution in [0.1, 0.15) is 0 Å². The Labute approximate surface area is 198 Å². The lowest BCUT2D eigenvalue weighted by Crippen LogP contribution is -2.17. The number of nitro benzene ring substituents is 1. The van der Waals surface area contributed by atoms with E-state index in [1.807, 2.05) is 0 Å². The van der Waals surface area contributed by atoms with Crippen molar-refractivity contribution in [1.82, 2.24) is 8.96 Å². The fourth-order valence-corrected chi connectivity index (χ4v) is 5.76. The van der Waals surface area contributed by atoms with E-state index < -0.39 is 20.9 Å². The molecule has 34 heavy (non-hydrogen) atoms. The average Bonchev–Trinajstić information content (AvgIpc) is 3.22. The molecular weight excluding hydrogens is 480 g/mol. The van der Waals surface area contributed by atoms with Gasteiger partial charge >= 0.3 is 0 Å². The van der Waals surface area contributed by atoms with E-state index in [2.05, 4.69) is 10.3 Å². The van der Waals surface area contributed by atoms with Crippen molar-refractivity contribution in [3.8, 4) is 5.75 Å². The van der Waals surface area contributed by atoms with Crippen LogP contribution in [0.3, 0.4) is 0 Å². The maximum atomic E-state index is 13.4. The van der Waals surface area contributed by atoms with Gasteiger partial charge in [0.2, 0.25) is 5.91 Å². The number of benzene rings is 3. The number of para-hydroxylation sites is 2. The Morgan fingerprint density at radius 1 is 1.12 bits per heavy atom. The molecule has 0 saturated heterocycles. The number of anilines is 1. The molecule has 174 valence electrons. The normalized spacial score (nSPS) is 11.3. The molecule has 0 aliphatic heterocycles. The number of carbonyl (C=O) groups is 1. The first-order valence-electron chi connectivity index (χ1n) is 9.84. The molecule has 4 aromatic rings. The third-order valence-electron chi connectivity index (χ3n) is 4.77. The van der Waals surface area contributed by atoms with E-state index >= 15 is 0 Å². The number of fused-ring (bicyclic) bond motifs is 1. The third kappa shape index (κ3) is 4.58. The van der Waals surface area contributed by atoms with Crippen molar-refractivity contribution < 1.29 is 22.9 Å². The first-order chi connectivity index (χ1) is 16.3. The minimum absolute atomic E-state index is 0.0887. The SMILES string of the molecule is COc1ccc([N+](=O)[O-])cc1NC(=O)CSc1nc2ccccc2n1S(=O)(=O)c1ccccc1. The van der Waals surface area contributed by atoms with Crippen LogP contribution in [0.5, 0.6) is 5.75 Å². The van der Waals surface area contributed by atoms with Crippen molar-refractivity contribution >= 4 is 50.1 Å².